The van der Waals surface area contributed by atoms with E-state index in [1.165, 1.54) is 12.1 Å². The van der Waals surface area contributed by atoms with Gasteiger partial charge in [-0.25, -0.2) is 4.98 Å². The summed E-state index contributed by atoms with van der Waals surface area (Å²) in [4.78, 5) is 19.5. The summed E-state index contributed by atoms with van der Waals surface area (Å²) >= 11 is 0. The number of nitriles is 1. The fourth-order valence-corrected chi connectivity index (χ4v) is 3.44. The summed E-state index contributed by atoms with van der Waals surface area (Å²) in [7, 11) is 0. The number of pyridine rings is 1. The van der Waals surface area contributed by atoms with Crippen LogP contribution in [0.15, 0.2) is 48.8 Å². The number of nitrogens with zero attached hydrogens (tertiary/aromatic N) is 6. The Labute approximate surface area is 156 Å². The highest BCUT2D eigenvalue weighted by molar-refractivity contribution is 5.63. The lowest BCUT2D eigenvalue weighted by atomic mass is 10.1. The molecule has 0 saturated carbocycles. The molecule has 1 aromatic carbocycles. The Bertz CT molecular complexity index is 997. The van der Waals surface area contributed by atoms with Crippen LogP contribution in [0.5, 0.6) is 0 Å². The SMILES string of the molecule is N#Cc1cc([N+](=O)[O-])ccc1N1CCN(Cc2cn3ccccc3n2)CC1. The first-order chi connectivity index (χ1) is 13.1. The van der Waals surface area contributed by atoms with Crippen LogP contribution in [0.4, 0.5) is 11.4 Å². The van der Waals surface area contributed by atoms with Gasteiger partial charge in [-0.1, -0.05) is 6.07 Å². The second-order valence-corrected chi connectivity index (χ2v) is 6.53. The maximum Gasteiger partial charge on any atom is 0.270 e. The molecule has 3 heterocycles. The molecule has 0 aliphatic carbocycles. The molecule has 0 bridgehead atoms. The Morgan fingerprint density at radius 3 is 2.70 bits per heavy atom. The molecule has 1 aliphatic heterocycles. The van der Waals surface area contributed by atoms with E-state index in [-0.39, 0.29) is 5.69 Å². The predicted octanol–water partition coefficient (Wildman–Crippen LogP) is 2.44. The van der Waals surface area contributed by atoms with Crippen LogP contribution < -0.4 is 4.90 Å². The number of imidazole rings is 1. The number of fused-ring (bicyclic) bond motifs is 1. The lowest BCUT2D eigenvalue weighted by Gasteiger charge is -2.36. The van der Waals surface area contributed by atoms with E-state index in [2.05, 4.69) is 20.9 Å². The van der Waals surface area contributed by atoms with Gasteiger partial charge in [0.2, 0.25) is 0 Å². The monoisotopic (exact) mass is 362 g/mol. The molecule has 8 heteroatoms. The number of hydrogen-bond acceptors (Lipinski definition) is 6. The minimum atomic E-state index is -0.475. The number of nitro benzene ring substituents is 1. The molecule has 8 nitrogen and oxygen atoms in total. The van der Waals surface area contributed by atoms with Gasteiger partial charge in [0.15, 0.2) is 0 Å². The van der Waals surface area contributed by atoms with Crippen molar-refractivity contribution in [3.8, 4) is 6.07 Å². The van der Waals surface area contributed by atoms with Gasteiger partial charge < -0.3 is 9.30 Å². The maximum absolute atomic E-state index is 10.9. The van der Waals surface area contributed by atoms with Gasteiger partial charge >= 0.3 is 0 Å². The molecule has 0 radical (unpaired) electrons. The quantitative estimate of drug-likeness (QED) is 0.523. The standard InChI is InChI=1S/C19H18N6O2/c20-12-15-11-17(25(26)27)4-5-18(15)23-9-7-22(8-10-23)13-16-14-24-6-2-1-3-19(24)21-16/h1-6,11,14H,7-10,13H2. The van der Waals surface area contributed by atoms with Crippen molar-refractivity contribution in [3.05, 3.63) is 70.2 Å². The fraction of sp³-hybridized carbons (Fsp3) is 0.263. The van der Waals surface area contributed by atoms with E-state index in [4.69, 9.17) is 0 Å². The molecule has 0 N–H and O–H groups in total. The summed E-state index contributed by atoms with van der Waals surface area (Å²) in [6.07, 6.45) is 4.04. The van der Waals surface area contributed by atoms with Gasteiger partial charge in [0.05, 0.1) is 21.9 Å². The van der Waals surface area contributed by atoms with E-state index in [0.29, 0.717) is 5.56 Å². The van der Waals surface area contributed by atoms with Gasteiger partial charge in [-0.2, -0.15) is 5.26 Å². The zero-order valence-electron chi connectivity index (χ0n) is 14.7. The average molecular weight is 362 g/mol. The lowest BCUT2D eigenvalue weighted by molar-refractivity contribution is -0.384. The number of aromatic nitrogens is 2. The molecule has 2 aromatic heterocycles. The fourth-order valence-electron chi connectivity index (χ4n) is 3.44. The topological polar surface area (TPSA) is 90.7 Å². The summed E-state index contributed by atoms with van der Waals surface area (Å²) in [5.74, 6) is 0. The average Bonchev–Trinajstić information content (AvgIpc) is 3.10. The van der Waals surface area contributed by atoms with Crippen LogP contribution in [0.1, 0.15) is 11.3 Å². The minimum absolute atomic E-state index is 0.0548. The number of rotatable bonds is 4. The van der Waals surface area contributed by atoms with E-state index in [0.717, 1.165) is 49.8 Å². The van der Waals surface area contributed by atoms with E-state index in [1.54, 1.807) is 6.07 Å². The van der Waals surface area contributed by atoms with Crippen molar-refractivity contribution in [2.75, 3.05) is 31.1 Å². The number of nitro groups is 1. The molecule has 0 spiro atoms. The predicted molar refractivity (Wildman–Crippen MR) is 100 cm³/mol. The molecule has 0 unspecified atom stereocenters. The van der Waals surface area contributed by atoms with Gasteiger partial charge in [0.1, 0.15) is 11.7 Å². The Balaban J connectivity index is 1.43. The minimum Gasteiger partial charge on any atom is -0.368 e. The lowest BCUT2D eigenvalue weighted by Crippen LogP contribution is -2.46. The number of anilines is 1. The molecule has 0 atom stereocenters. The second kappa shape index (κ2) is 7.05. The first-order valence-electron chi connectivity index (χ1n) is 8.72. The van der Waals surface area contributed by atoms with Crippen molar-refractivity contribution >= 4 is 17.0 Å². The van der Waals surface area contributed by atoms with Crippen LogP contribution in [-0.2, 0) is 6.54 Å². The van der Waals surface area contributed by atoms with Crippen LogP contribution in [0.3, 0.4) is 0 Å². The van der Waals surface area contributed by atoms with Crippen LogP contribution in [0.2, 0.25) is 0 Å². The number of hydrogen-bond donors (Lipinski definition) is 0. The van der Waals surface area contributed by atoms with Crippen molar-refractivity contribution in [1.29, 1.82) is 5.26 Å². The molecule has 1 saturated heterocycles. The third kappa shape index (κ3) is 3.45. The summed E-state index contributed by atoms with van der Waals surface area (Å²) in [5, 5.41) is 20.3. The molecule has 1 aliphatic rings. The van der Waals surface area contributed by atoms with Crippen molar-refractivity contribution in [2.45, 2.75) is 6.54 Å². The van der Waals surface area contributed by atoms with Crippen molar-refractivity contribution in [1.82, 2.24) is 14.3 Å². The molecule has 4 rings (SSSR count). The van der Waals surface area contributed by atoms with E-state index >= 15 is 0 Å². The summed E-state index contributed by atoms with van der Waals surface area (Å²) in [6.45, 7) is 3.99. The molecule has 136 valence electrons. The summed E-state index contributed by atoms with van der Waals surface area (Å²) in [6, 6.07) is 12.5. The third-order valence-electron chi connectivity index (χ3n) is 4.82. The highest BCUT2D eigenvalue weighted by atomic mass is 16.6. The highest BCUT2D eigenvalue weighted by Crippen LogP contribution is 2.26. The largest absolute Gasteiger partial charge is 0.368 e. The van der Waals surface area contributed by atoms with Gasteiger partial charge in [0.25, 0.3) is 5.69 Å². The Morgan fingerprint density at radius 2 is 2.00 bits per heavy atom. The van der Waals surface area contributed by atoms with E-state index in [1.807, 2.05) is 35.0 Å². The number of benzene rings is 1. The van der Waals surface area contributed by atoms with Gasteiger partial charge in [0, 0.05) is 57.3 Å². The van der Waals surface area contributed by atoms with Gasteiger partial charge in [-0.15, -0.1) is 0 Å². The maximum atomic E-state index is 10.9. The second-order valence-electron chi connectivity index (χ2n) is 6.53. The van der Waals surface area contributed by atoms with Crippen LogP contribution in [-0.4, -0.2) is 45.4 Å². The van der Waals surface area contributed by atoms with Crippen molar-refractivity contribution < 1.29 is 4.92 Å². The smallest absolute Gasteiger partial charge is 0.270 e. The zero-order chi connectivity index (χ0) is 18.8. The van der Waals surface area contributed by atoms with E-state index in [9.17, 15) is 15.4 Å². The Kier molecular flexibility index (Phi) is 4.44. The normalized spacial score (nSPS) is 15.0. The third-order valence-corrected chi connectivity index (χ3v) is 4.82. The van der Waals surface area contributed by atoms with Crippen LogP contribution in [0, 0.1) is 21.4 Å². The van der Waals surface area contributed by atoms with Gasteiger partial charge in [-0.3, -0.25) is 15.0 Å². The number of piperazine rings is 1. The highest BCUT2D eigenvalue weighted by Gasteiger charge is 2.21. The molecule has 27 heavy (non-hydrogen) atoms. The van der Waals surface area contributed by atoms with E-state index < -0.39 is 4.92 Å². The van der Waals surface area contributed by atoms with Crippen LogP contribution >= 0.6 is 0 Å². The number of non-ortho nitro benzene ring substituents is 1. The zero-order valence-corrected chi connectivity index (χ0v) is 14.7. The summed E-state index contributed by atoms with van der Waals surface area (Å²) < 4.78 is 2.02. The molecule has 0 amide bonds. The molecule has 3 aromatic rings. The van der Waals surface area contributed by atoms with Crippen LogP contribution in [0.25, 0.3) is 5.65 Å². The molecular weight excluding hydrogens is 344 g/mol. The molecular formula is C19H18N6O2. The molecule has 1 fully saturated rings. The van der Waals surface area contributed by atoms with Gasteiger partial charge in [-0.05, 0) is 18.2 Å². The van der Waals surface area contributed by atoms with Crippen molar-refractivity contribution in [2.24, 2.45) is 0 Å². The summed E-state index contributed by atoms with van der Waals surface area (Å²) in [5.41, 5.74) is 3.02. The Morgan fingerprint density at radius 1 is 1.19 bits per heavy atom. The Hall–Kier alpha value is -3.44. The first-order valence-corrected chi connectivity index (χ1v) is 8.72. The van der Waals surface area contributed by atoms with Crippen molar-refractivity contribution in [3.63, 3.8) is 0 Å². The first kappa shape index (κ1) is 17.0.